The Morgan fingerprint density at radius 3 is 2.31 bits per heavy atom. The van der Waals surface area contributed by atoms with E-state index in [1.54, 1.807) is 0 Å². The van der Waals surface area contributed by atoms with E-state index in [0.717, 1.165) is 37.0 Å². The summed E-state index contributed by atoms with van der Waals surface area (Å²) in [4.78, 5) is 7.99. The lowest BCUT2D eigenvalue weighted by Crippen LogP contribution is -2.38. The summed E-state index contributed by atoms with van der Waals surface area (Å²) in [6.45, 7) is 2.86. The van der Waals surface area contributed by atoms with Crippen LogP contribution in [-0.2, 0) is 5.54 Å². The molecule has 5 rings (SSSR count). The molecule has 0 aliphatic heterocycles. The number of pyridine rings is 2. The van der Waals surface area contributed by atoms with Crippen molar-refractivity contribution in [2.45, 2.75) is 57.5 Å². The molecule has 1 aliphatic carbocycles. The molecule has 1 saturated carbocycles. The van der Waals surface area contributed by atoms with E-state index in [1.807, 2.05) is 12.1 Å². The fourth-order valence-corrected chi connectivity index (χ4v) is 4.86. The van der Waals surface area contributed by atoms with Crippen LogP contribution in [0.5, 0.6) is 0 Å². The van der Waals surface area contributed by atoms with Gasteiger partial charge >= 0.3 is 12.4 Å². The van der Waals surface area contributed by atoms with E-state index < -0.39 is 41.8 Å². The standard InChI is InChI=1S/C29H24F7N9/c1-15-19(4-5-22(30)41-15)25(21-13-45(44-43-21)27(6-7-27)29(34,35)36)42-18-8-16(10-37)23-20(9-18)24(17(11-38)12-39-23)40-14-26(2,3)28(31,32)33/h4-5,8-9,12-13,25,42H,6-7,14H2,1-3H3,(H,39,40)/t25-/m0/s1. The molecular formula is C29H24F7N9. The average Bonchev–Trinajstić information content (AvgIpc) is 3.65. The molecule has 0 amide bonds. The Labute approximate surface area is 251 Å². The SMILES string of the molecule is Cc1nc(F)ccc1[C@H](Nc1cc(C#N)c2ncc(C#N)c(NCC(C)(C)C(F)(F)F)c2c1)c1cn(C2(C(F)(F)F)CC2)nn1. The number of halogens is 7. The third-order valence-electron chi connectivity index (χ3n) is 7.90. The van der Waals surface area contributed by atoms with Crippen molar-refractivity contribution in [1.82, 2.24) is 25.0 Å². The van der Waals surface area contributed by atoms with Gasteiger partial charge in [-0.1, -0.05) is 11.3 Å². The van der Waals surface area contributed by atoms with Crippen LogP contribution >= 0.6 is 0 Å². The second-order valence-corrected chi connectivity index (χ2v) is 11.4. The van der Waals surface area contributed by atoms with Crippen molar-refractivity contribution >= 4 is 22.3 Å². The molecule has 1 fully saturated rings. The molecule has 0 unspecified atom stereocenters. The zero-order chi connectivity index (χ0) is 32.9. The Morgan fingerprint density at radius 1 is 1.04 bits per heavy atom. The second-order valence-electron chi connectivity index (χ2n) is 11.4. The van der Waals surface area contributed by atoms with Crippen molar-refractivity contribution in [3.05, 3.63) is 70.7 Å². The molecule has 0 saturated heterocycles. The fourth-order valence-electron chi connectivity index (χ4n) is 4.86. The van der Waals surface area contributed by atoms with E-state index in [9.17, 15) is 41.3 Å². The van der Waals surface area contributed by atoms with Gasteiger partial charge in [0.05, 0.1) is 40.0 Å². The van der Waals surface area contributed by atoms with Crippen molar-refractivity contribution in [1.29, 1.82) is 10.5 Å². The number of aromatic nitrogens is 5. The van der Waals surface area contributed by atoms with Gasteiger partial charge in [0.15, 0.2) is 5.54 Å². The maximum Gasteiger partial charge on any atom is 0.413 e. The quantitative estimate of drug-likeness (QED) is 0.163. The van der Waals surface area contributed by atoms with E-state index >= 15 is 0 Å². The molecule has 0 radical (unpaired) electrons. The van der Waals surface area contributed by atoms with E-state index in [1.165, 1.54) is 25.1 Å². The van der Waals surface area contributed by atoms with Gasteiger partial charge in [-0.15, -0.1) is 5.10 Å². The van der Waals surface area contributed by atoms with Crippen LogP contribution in [-0.4, -0.2) is 43.9 Å². The molecule has 1 aliphatic rings. The minimum atomic E-state index is -4.58. The molecule has 9 nitrogen and oxygen atoms in total. The Balaban J connectivity index is 1.63. The summed E-state index contributed by atoms with van der Waals surface area (Å²) in [7, 11) is 0. The van der Waals surface area contributed by atoms with Crippen molar-refractivity contribution < 1.29 is 30.7 Å². The molecule has 1 atom stereocenters. The van der Waals surface area contributed by atoms with Crippen LogP contribution in [0.15, 0.2) is 36.7 Å². The van der Waals surface area contributed by atoms with Crippen LogP contribution < -0.4 is 10.6 Å². The Morgan fingerprint density at radius 2 is 1.73 bits per heavy atom. The number of alkyl halides is 6. The molecule has 45 heavy (non-hydrogen) atoms. The van der Waals surface area contributed by atoms with Gasteiger partial charge < -0.3 is 10.6 Å². The summed E-state index contributed by atoms with van der Waals surface area (Å²) in [6, 6.07) is 8.07. The second kappa shape index (κ2) is 10.9. The largest absolute Gasteiger partial charge is 0.413 e. The topological polar surface area (TPSA) is 128 Å². The fraction of sp³-hybridized carbons (Fsp3) is 0.379. The highest BCUT2D eigenvalue weighted by Crippen LogP contribution is 2.55. The van der Waals surface area contributed by atoms with Crippen LogP contribution in [0.3, 0.4) is 0 Å². The lowest BCUT2D eigenvalue weighted by Gasteiger charge is -2.28. The van der Waals surface area contributed by atoms with Crippen molar-refractivity contribution in [2.75, 3.05) is 17.2 Å². The first-order valence-electron chi connectivity index (χ1n) is 13.5. The highest BCUT2D eigenvalue weighted by Gasteiger charge is 2.66. The summed E-state index contributed by atoms with van der Waals surface area (Å²) < 4.78 is 97.0. The van der Waals surface area contributed by atoms with E-state index in [4.69, 9.17) is 0 Å². The monoisotopic (exact) mass is 631 g/mol. The number of nitrogens with zero attached hydrogens (tertiary/aromatic N) is 7. The molecule has 0 spiro atoms. The summed E-state index contributed by atoms with van der Waals surface area (Å²) in [5, 5.41) is 33.3. The molecule has 3 heterocycles. The highest BCUT2D eigenvalue weighted by molar-refractivity contribution is 5.99. The van der Waals surface area contributed by atoms with Crippen LogP contribution in [0.25, 0.3) is 10.9 Å². The van der Waals surface area contributed by atoms with Gasteiger partial charge in [-0.25, -0.2) is 9.67 Å². The maximum absolute atomic E-state index is 13.9. The molecule has 234 valence electrons. The Hall–Kier alpha value is -4.99. The van der Waals surface area contributed by atoms with Crippen LogP contribution in [0.1, 0.15) is 60.8 Å². The Bertz CT molecular complexity index is 1860. The summed E-state index contributed by atoms with van der Waals surface area (Å²) in [6.07, 6.45) is -7.24. The van der Waals surface area contributed by atoms with Gasteiger partial charge in [0.2, 0.25) is 5.95 Å². The van der Waals surface area contributed by atoms with Crippen LogP contribution in [0, 0.1) is 40.9 Å². The predicted molar refractivity (Wildman–Crippen MR) is 147 cm³/mol. The number of rotatable bonds is 8. The number of nitrogens with one attached hydrogen (secondary N) is 2. The maximum atomic E-state index is 13.9. The van der Waals surface area contributed by atoms with E-state index in [0.29, 0.717) is 5.56 Å². The number of fused-ring (bicyclic) bond motifs is 1. The van der Waals surface area contributed by atoms with E-state index in [2.05, 4.69) is 30.9 Å². The van der Waals surface area contributed by atoms with Crippen LogP contribution in [0.2, 0.25) is 0 Å². The highest BCUT2D eigenvalue weighted by atomic mass is 19.4. The molecule has 0 bridgehead atoms. The Kier molecular flexibility index (Phi) is 7.59. The van der Waals surface area contributed by atoms with Crippen LogP contribution in [0.4, 0.5) is 42.1 Å². The molecule has 16 heteroatoms. The normalized spacial score (nSPS) is 15.3. The van der Waals surface area contributed by atoms with Gasteiger partial charge in [-0.2, -0.15) is 41.3 Å². The molecular weight excluding hydrogens is 607 g/mol. The van der Waals surface area contributed by atoms with Gasteiger partial charge in [-0.05, 0) is 51.8 Å². The summed E-state index contributed by atoms with van der Waals surface area (Å²) >= 11 is 0. The first-order chi connectivity index (χ1) is 21.0. The lowest BCUT2D eigenvalue weighted by atomic mass is 9.92. The minimum absolute atomic E-state index is 0.00273. The molecule has 2 N–H and O–H groups in total. The number of anilines is 2. The van der Waals surface area contributed by atoms with Gasteiger partial charge in [0.1, 0.15) is 17.8 Å². The minimum Gasteiger partial charge on any atom is -0.382 e. The number of benzene rings is 1. The predicted octanol–water partition coefficient (Wildman–Crippen LogP) is 6.67. The molecule has 1 aromatic carbocycles. The van der Waals surface area contributed by atoms with Gasteiger partial charge in [0, 0.05) is 35.1 Å². The molecule has 3 aromatic heterocycles. The number of hydrogen-bond donors (Lipinski definition) is 2. The third-order valence-corrected chi connectivity index (χ3v) is 7.90. The summed E-state index contributed by atoms with van der Waals surface area (Å²) in [5.41, 5.74) is -3.67. The first-order valence-corrected chi connectivity index (χ1v) is 13.5. The number of nitriles is 2. The zero-order valence-electron chi connectivity index (χ0n) is 23.9. The van der Waals surface area contributed by atoms with Crippen molar-refractivity contribution in [2.24, 2.45) is 5.41 Å². The van der Waals surface area contributed by atoms with Gasteiger partial charge in [0.25, 0.3) is 0 Å². The van der Waals surface area contributed by atoms with Gasteiger partial charge in [-0.3, -0.25) is 4.98 Å². The first kappa shape index (κ1) is 31.4. The third kappa shape index (κ3) is 5.68. The zero-order valence-corrected chi connectivity index (χ0v) is 23.9. The van der Waals surface area contributed by atoms with E-state index in [-0.39, 0.29) is 57.6 Å². The smallest absolute Gasteiger partial charge is 0.382 e. The average molecular weight is 632 g/mol. The number of hydrogen-bond acceptors (Lipinski definition) is 8. The lowest BCUT2D eigenvalue weighted by molar-refractivity contribution is -0.206. The summed E-state index contributed by atoms with van der Waals surface area (Å²) in [5.74, 6) is -0.794. The molecule has 4 aromatic rings. The number of aryl methyl sites for hydroxylation is 1. The van der Waals surface area contributed by atoms with Crippen molar-refractivity contribution in [3.8, 4) is 12.1 Å². The van der Waals surface area contributed by atoms with Crippen molar-refractivity contribution in [3.63, 3.8) is 0 Å².